The van der Waals surface area contributed by atoms with Gasteiger partial charge in [0, 0.05) is 29.7 Å². The van der Waals surface area contributed by atoms with Crippen molar-refractivity contribution in [2.75, 3.05) is 20.3 Å². The predicted molar refractivity (Wildman–Crippen MR) is 81.7 cm³/mol. The molecule has 1 aromatic rings. The predicted octanol–water partition coefficient (Wildman–Crippen LogP) is 2.00. The van der Waals surface area contributed by atoms with Crippen LogP contribution in [0.1, 0.15) is 25.5 Å². The molecule has 1 amide bonds. The van der Waals surface area contributed by atoms with Crippen molar-refractivity contribution in [3.8, 4) is 5.75 Å². The Morgan fingerprint density at radius 3 is 2.75 bits per heavy atom. The second-order valence-electron chi connectivity index (χ2n) is 4.51. The number of amides is 1. The zero-order valence-electron chi connectivity index (χ0n) is 12.0. The van der Waals surface area contributed by atoms with Crippen LogP contribution in [-0.2, 0) is 9.53 Å². The van der Waals surface area contributed by atoms with Gasteiger partial charge in [0.2, 0.25) is 0 Å². The van der Waals surface area contributed by atoms with E-state index in [1.54, 1.807) is 14.0 Å². The molecule has 0 saturated heterocycles. The van der Waals surface area contributed by atoms with Gasteiger partial charge < -0.3 is 20.5 Å². The fourth-order valence-corrected chi connectivity index (χ4v) is 1.99. The number of hydrogen-bond donors (Lipinski definition) is 2. The van der Waals surface area contributed by atoms with E-state index in [4.69, 9.17) is 15.2 Å². The first-order valence-electron chi connectivity index (χ1n) is 6.44. The van der Waals surface area contributed by atoms with Crippen LogP contribution in [0.15, 0.2) is 22.7 Å². The summed E-state index contributed by atoms with van der Waals surface area (Å²) in [5, 5.41) is 2.73. The number of methoxy groups -OCH3 is 1. The van der Waals surface area contributed by atoms with Crippen molar-refractivity contribution in [2.24, 2.45) is 5.73 Å². The second-order valence-corrected chi connectivity index (χ2v) is 5.43. The van der Waals surface area contributed by atoms with Gasteiger partial charge in [0.25, 0.3) is 5.91 Å². The number of hydrogen-bond acceptors (Lipinski definition) is 4. The molecule has 1 unspecified atom stereocenters. The summed E-state index contributed by atoms with van der Waals surface area (Å²) in [5.74, 6) is 0.432. The molecule has 0 heterocycles. The molecule has 0 aliphatic heterocycles. The molecule has 0 radical (unpaired) electrons. The lowest BCUT2D eigenvalue weighted by atomic mass is 10.1. The van der Waals surface area contributed by atoms with Crippen molar-refractivity contribution in [2.45, 2.75) is 26.0 Å². The highest BCUT2D eigenvalue weighted by molar-refractivity contribution is 9.10. The van der Waals surface area contributed by atoms with Gasteiger partial charge in [0.05, 0.1) is 6.61 Å². The Morgan fingerprint density at radius 2 is 2.15 bits per heavy atom. The lowest BCUT2D eigenvalue weighted by Crippen LogP contribution is -2.38. The Hall–Kier alpha value is -1.11. The van der Waals surface area contributed by atoms with Crippen molar-refractivity contribution >= 4 is 21.8 Å². The topological polar surface area (TPSA) is 73.6 Å². The maximum atomic E-state index is 11.9. The molecule has 0 aliphatic carbocycles. The standard InChI is InChI=1S/C14H21BrN2O3/c1-9(16)12-5-4-11(15)8-13(12)20-10(2)14(18)17-6-7-19-3/h4-5,8-10H,6-7,16H2,1-3H3,(H,17,18)/t9-,10?/m0/s1. The normalized spacial score (nSPS) is 13.7. The molecule has 0 spiro atoms. The van der Waals surface area contributed by atoms with Crippen LogP contribution < -0.4 is 15.8 Å². The first-order valence-corrected chi connectivity index (χ1v) is 7.23. The average molecular weight is 345 g/mol. The fraction of sp³-hybridized carbons (Fsp3) is 0.500. The highest BCUT2D eigenvalue weighted by Crippen LogP contribution is 2.28. The maximum Gasteiger partial charge on any atom is 0.260 e. The van der Waals surface area contributed by atoms with Gasteiger partial charge in [-0.15, -0.1) is 0 Å². The van der Waals surface area contributed by atoms with E-state index in [1.807, 2.05) is 25.1 Å². The van der Waals surface area contributed by atoms with Crippen LogP contribution >= 0.6 is 15.9 Å². The van der Waals surface area contributed by atoms with Crippen molar-refractivity contribution in [1.82, 2.24) is 5.32 Å². The van der Waals surface area contributed by atoms with Gasteiger partial charge in [-0.1, -0.05) is 22.0 Å². The number of rotatable bonds is 7. The van der Waals surface area contributed by atoms with Crippen LogP contribution in [0.5, 0.6) is 5.75 Å². The van der Waals surface area contributed by atoms with E-state index in [2.05, 4.69) is 21.2 Å². The van der Waals surface area contributed by atoms with E-state index in [1.165, 1.54) is 0 Å². The largest absolute Gasteiger partial charge is 0.481 e. The molecule has 20 heavy (non-hydrogen) atoms. The van der Waals surface area contributed by atoms with E-state index < -0.39 is 6.10 Å². The van der Waals surface area contributed by atoms with Gasteiger partial charge in [-0.05, 0) is 26.0 Å². The summed E-state index contributed by atoms with van der Waals surface area (Å²) in [7, 11) is 1.59. The summed E-state index contributed by atoms with van der Waals surface area (Å²) in [6, 6.07) is 5.44. The Kier molecular flexibility index (Phi) is 6.98. The zero-order chi connectivity index (χ0) is 15.1. The number of nitrogens with two attached hydrogens (primary N) is 1. The Morgan fingerprint density at radius 1 is 1.45 bits per heavy atom. The first-order chi connectivity index (χ1) is 9.45. The van der Waals surface area contributed by atoms with Crippen LogP contribution in [0, 0.1) is 0 Å². The molecule has 5 nitrogen and oxygen atoms in total. The van der Waals surface area contributed by atoms with Crippen LogP contribution in [0.3, 0.4) is 0 Å². The van der Waals surface area contributed by atoms with Crippen molar-refractivity contribution < 1.29 is 14.3 Å². The SMILES string of the molecule is COCCNC(=O)C(C)Oc1cc(Br)ccc1[C@H](C)N. The third-order valence-corrected chi connectivity index (χ3v) is 3.24. The molecule has 0 aromatic heterocycles. The number of benzene rings is 1. The highest BCUT2D eigenvalue weighted by Gasteiger charge is 2.17. The van der Waals surface area contributed by atoms with Gasteiger partial charge in [-0.2, -0.15) is 0 Å². The molecular weight excluding hydrogens is 324 g/mol. The molecular formula is C14H21BrN2O3. The number of halogens is 1. The van der Waals surface area contributed by atoms with Crippen LogP contribution in [0.2, 0.25) is 0 Å². The van der Waals surface area contributed by atoms with E-state index in [0.29, 0.717) is 18.9 Å². The van der Waals surface area contributed by atoms with Crippen LogP contribution in [0.25, 0.3) is 0 Å². The average Bonchev–Trinajstić information content (AvgIpc) is 2.38. The first kappa shape index (κ1) is 16.9. The Bertz CT molecular complexity index is 452. The number of carbonyl (C=O) groups excluding carboxylic acids is 1. The minimum absolute atomic E-state index is 0.165. The summed E-state index contributed by atoms with van der Waals surface area (Å²) in [4.78, 5) is 11.9. The second kappa shape index (κ2) is 8.24. The van der Waals surface area contributed by atoms with Crippen LogP contribution in [0.4, 0.5) is 0 Å². The van der Waals surface area contributed by atoms with Gasteiger partial charge in [0.15, 0.2) is 6.10 Å². The minimum Gasteiger partial charge on any atom is -0.481 e. The van der Waals surface area contributed by atoms with E-state index in [-0.39, 0.29) is 11.9 Å². The summed E-state index contributed by atoms with van der Waals surface area (Å²) in [6.07, 6.45) is -0.598. The van der Waals surface area contributed by atoms with E-state index in [9.17, 15) is 4.79 Å². The lowest BCUT2D eigenvalue weighted by molar-refractivity contribution is -0.127. The van der Waals surface area contributed by atoms with Gasteiger partial charge in [-0.25, -0.2) is 0 Å². The number of carbonyl (C=O) groups is 1. The molecule has 0 fully saturated rings. The van der Waals surface area contributed by atoms with Crippen molar-refractivity contribution in [3.05, 3.63) is 28.2 Å². The molecule has 0 saturated carbocycles. The summed E-state index contributed by atoms with van der Waals surface area (Å²) in [5.41, 5.74) is 6.77. The third kappa shape index (κ3) is 5.11. The van der Waals surface area contributed by atoms with E-state index in [0.717, 1.165) is 10.0 Å². The molecule has 3 N–H and O–H groups in total. The summed E-state index contributed by atoms with van der Waals surface area (Å²) in [6.45, 7) is 4.51. The molecule has 1 aromatic carbocycles. The number of ether oxygens (including phenoxy) is 2. The van der Waals surface area contributed by atoms with Crippen LogP contribution in [-0.4, -0.2) is 32.3 Å². The molecule has 0 bridgehead atoms. The molecule has 2 atom stereocenters. The lowest BCUT2D eigenvalue weighted by Gasteiger charge is -2.19. The molecule has 1 rings (SSSR count). The summed E-state index contributed by atoms with van der Waals surface area (Å²) >= 11 is 3.39. The highest BCUT2D eigenvalue weighted by atomic mass is 79.9. The number of nitrogens with one attached hydrogen (secondary N) is 1. The van der Waals surface area contributed by atoms with Gasteiger partial charge >= 0.3 is 0 Å². The Labute approximate surface area is 127 Å². The quantitative estimate of drug-likeness (QED) is 0.742. The molecule has 112 valence electrons. The minimum atomic E-state index is -0.598. The fourth-order valence-electron chi connectivity index (χ4n) is 1.65. The molecule has 6 heteroatoms. The van der Waals surface area contributed by atoms with E-state index >= 15 is 0 Å². The monoisotopic (exact) mass is 344 g/mol. The maximum absolute atomic E-state index is 11.9. The molecule has 0 aliphatic rings. The Balaban J connectivity index is 2.71. The van der Waals surface area contributed by atoms with Crippen molar-refractivity contribution in [1.29, 1.82) is 0 Å². The smallest absolute Gasteiger partial charge is 0.260 e. The zero-order valence-corrected chi connectivity index (χ0v) is 13.6. The summed E-state index contributed by atoms with van der Waals surface area (Å²) < 4.78 is 11.5. The van der Waals surface area contributed by atoms with Gasteiger partial charge in [0.1, 0.15) is 5.75 Å². The van der Waals surface area contributed by atoms with Crippen molar-refractivity contribution in [3.63, 3.8) is 0 Å². The van der Waals surface area contributed by atoms with Gasteiger partial charge in [-0.3, -0.25) is 4.79 Å². The third-order valence-electron chi connectivity index (χ3n) is 2.74.